The summed E-state index contributed by atoms with van der Waals surface area (Å²) in [6.07, 6.45) is 2.03. The first-order valence-electron chi connectivity index (χ1n) is 9.16. The predicted molar refractivity (Wildman–Crippen MR) is 101 cm³/mol. The number of nitrogens with zero attached hydrogens (tertiary/aromatic N) is 1. The highest BCUT2D eigenvalue weighted by molar-refractivity contribution is 5.93. The van der Waals surface area contributed by atoms with Crippen LogP contribution >= 0.6 is 0 Å². The summed E-state index contributed by atoms with van der Waals surface area (Å²) in [5, 5.41) is 38.9. The van der Waals surface area contributed by atoms with Crippen molar-refractivity contribution >= 4 is 11.9 Å². The second kappa shape index (κ2) is 8.82. The summed E-state index contributed by atoms with van der Waals surface area (Å²) in [5.41, 5.74) is -0.649. The van der Waals surface area contributed by atoms with E-state index in [0.29, 0.717) is 6.42 Å². The van der Waals surface area contributed by atoms with Gasteiger partial charge in [0.2, 0.25) is 0 Å². The third kappa shape index (κ3) is 4.86. The largest absolute Gasteiger partial charge is 0.478 e. The van der Waals surface area contributed by atoms with E-state index in [1.165, 1.54) is 23.3 Å². The van der Waals surface area contributed by atoms with Crippen LogP contribution in [0.1, 0.15) is 74.6 Å². The van der Waals surface area contributed by atoms with Gasteiger partial charge < -0.3 is 20.5 Å². The zero-order valence-corrected chi connectivity index (χ0v) is 16.6. The summed E-state index contributed by atoms with van der Waals surface area (Å²) in [6.45, 7) is 10.2. The van der Waals surface area contributed by atoms with E-state index < -0.39 is 11.9 Å². The quantitative estimate of drug-likeness (QED) is 0.630. The van der Waals surface area contributed by atoms with Crippen LogP contribution < -0.4 is 0 Å². The highest BCUT2D eigenvalue weighted by Crippen LogP contribution is 2.44. The molecule has 0 radical (unpaired) electrons. The Bertz CT molecular complexity index is 649. The molecule has 1 aliphatic heterocycles. The van der Waals surface area contributed by atoms with Crippen LogP contribution in [0.3, 0.4) is 0 Å². The van der Waals surface area contributed by atoms with Gasteiger partial charge in [0.15, 0.2) is 0 Å². The van der Waals surface area contributed by atoms with Gasteiger partial charge in [0.1, 0.15) is 0 Å². The molecule has 1 heterocycles. The molecule has 152 valence electrons. The summed E-state index contributed by atoms with van der Waals surface area (Å²) < 4.78 is 0. The van der Waals surface area contributed by atoms with E-state index >= 15 is 0 Å². The van der Waals surface area contributed by atoms with Crippen molar-refractivity contribution in [2.24, 2.45) is 5.92 Å². The molecule has 1 fully saturated rings. The Balaban J connectivity index is 0.000000277. The van der Waals surface area contributed by atoms with Crippen molar-refractivity contribution in [3.05, 3.63) is 35.4 Å². The van der Waals surface area contributed by atoms with E-state index in [4.69, 9.17) is 10.2 Å². The molecule has 0 amide bonds. The molecule has 1 aromatic carbocycles. The van der Waals surface area contributed by atoms with Gasteiger partial charge in [0.25, 0.3) is 0 Å². The lowest BCUT2D eigenvalue weighted by atomic mass is 9.69. The van der Waals surface area contributed by atoms with Gasteiger partial charge in [-0.05, 0) is 51.3 Å². The molecule has 0 spiro atoms. The average molecular weight is 381 g/mol. The number of piperidine rings is 1. The van der Waals surface area contributed by atoms with E-state index in [2.05, 4.69) is 13.8 Å². The first kappa shape index (κ1) is 23.1. The maximum absolute atomic E-state index is 10.4. The van der Waals surface area contributed by atoms with Crippen LogP contribution in [0.15, 0.2) is 24.3 Å². The van der Waals surface area contributed by atoms with Crippen LogP contribution in [0, 0.1) is 5.92 Å². The minimum absolute atomic E-state index is 0.0186. The molecule has 2 rings (SSSR count). The second-order valence-electron chi connectivity index (χ2n) is 7.62. The molecular weight excluding hydrogens is 350 g/mol. The Labute approximate surface area is 160 Å². The van der Waals surface area contributed by atoms with E-state index in [1.807, 2.05) is 20.8 Å². The monoisotopic (exact) mass is 381 g/mol. The number of hydroxylamine groups is 2. The maximum atomic E-state index is 10.4. The van der Waals surface area contributed by atoms with Crippen LogP contribution in [-0.4, -0.2) is 54.7 Å². The molecule has 4 unspecified atom stereocenters. The molecule has 0 bridgehead atoms. The fraction of sp³-hybridized carbons (Fsp3) is 0.600. The fourth-order valence-corrected chi connectivity index (χ4v) is 3.49. The first-order chi connectivity index (χ1) is 12.4. The second-order valence-corrected chi connectivity index (χ2v) is 7.62. The molecule has 1 aliphatic rings. The molecule has 1 aromatic rings. The summed E-state index contributed by atoms with van der Waals surface area (Å²) in [6, 6.07) is 5.20. The SMILES string of the molecule is CCC1(C)CC(O)C(C)C(C)(CC)N1O.O=C(O)c1cccc(C(=O)O)c1. The third-order valence-electron chi connectivity index (χ3n) is 6.04. The minimum atomic E-state index is -1.13. The van der Waals surface area contributed by atoms with Gasteiger partial charge in [-0.2, -0.15) is 5.06 Å². The molecule has 7 nitrogen and oxygen atoms in total. The fourth-order valence-electron chi connectivity index (χ4n) is 3.49. The number of aromatic carboxylic acids is 2. The van der Waals surface area contributed by atoms with Gasteiger partial charge in [-0.25, -0.2) is 9.59 Å². The Morgan fingerprint density at radius 3 is 1.96 bits per heavy atom. The lowest BCUT2D eigenvalue weighted by Gasteiger charge is -2.56. The molecule has 4 atom stereocenters. The number of aliphatic hydroxyl groups excluding tert-OH is 1. The number of aliphatic hydroxyl groups is 1. The Kier molecular flexibility index (Phi) is 7.54. The number of hydrogen-bond donors (Lipinski definition) is 4. The van der Waals surface area contributed by atoms with Crippen molar-refractivity contribution < 1.29 is 30.1 Å². The minimum Gasteiger partial charge on any atom is -0.478 e. The van der Waals surface area contributed by atoms with Crippen LogP contribution in [0.2, 0.25) is 0 Å². The van der Waals surface area contributed by atoms with Gasteiger partial charge in [-0.15, -0.1) is 0 Å². The van der Waals surface area contributed by atoms with Crippen molar-refractivity contribution in [1.29, 1.82) is 0 Å². The van der Waals surface area contributed by atoms with Gasteiger partial charge in [-0.3, -0.25) is 0 Å². The van der Waals surface area contributed by atoms with Crippen LogP contribution in [0.5, 0.6) is 0 Å². The van der Waals surface area contributed by atoms with E-state index in [0.717, 1.165) is 18.9 Å². The summed E-state index contributed by atoms with van der Waals surface area (Å²) >= 11 is 0. The third-order valence-corrected chi connectivity index (χ3v) is 6.04. The molecule has 7 heteroatoms. The van der Waals surface area contributed by atoms with Gasteiger partial charge in [-0.1, -0.05) is 26.8 Å². The lowest BCUT2D eigenvalue weighted by Crippen LogP contribution is -2.66. The normalized spacial score (nSPS) is 30.9. The van der Waals surface area contributed by atoms with Crippen LogP contribution in [-0.2, 0) is 0 Å². The van der Waals surface area contributed by atoms with Crippen LogP contribution in [0.25, 0.3) is 0 Å². The Morgan fingerprint density at radius 1 is 1.11 bits per heavy atom. The van der Waals surface area contributed by atoms with Crippen LogP contribution in [0.4, 0.5) is 0 Å². The van der Waals surface area contributed by atoms with Crippen molar-refractivity contribution in [3.63, 3.8) is 0 Å². The zero-order valence-electron chi connectivity index (χ0n) is 16.6. The van der Waals surface area contributed by atoms with Gasteiger partial charge >= 0.3 is 11.9 Å². The molecule has 0 aromatic heterocycles. The highest BCUT2D eigenvalue weighted by Gasteiger charge is 2.52. The molecular formula is C20H31NO6. The molecule has 1 saturated heterocycles. The summed E-state index contributed by atoms with van der Waals surface area (Å²) in [7, 11) is 0. The van der Waals surface area contributed by atoms with E-state index in [9.17, 15) is 19.9 Å². The average Bonchev–Trinajstić information content (AvgIpc) is 2.65. The lowest BCUT2D eigenvalue weighted by molar-refractivity contribution is -0.287. The summed E-state index contributed by atoms with van der Waals surface area (Å²) in [5.74, 6) is -2.15. The number of carboxylic acids is 2. The van der Waals surface area contributed by atoms with E-state index in [-0.39, 0.29) is 34.2 Å². The highest BCUT2D eigenvalue weighted by atomic mass is 16.5. The molecule has 4 N–H and O–H groups in total. The molecule has 0 aliphatic carbocycles. The predicted octanol–water partition coefficient (Wildman–Crippen LogP) is 3.50. The molecule has 0 saturated carbocycles. The van der Waals surface area contributed by atoms with Crippen molar-refractivity contribution in [3.8, 4) is 0 Å². The van der Waals surface area contributed by atoms with Gasteiger partial charge in [0.05, 0.1) is 17.2 Å². The Hall–Kier alpha value is -1.96. The first-order valence-corrected chi connectivity index (χ1v) is 9.16. The van der Waals surface area contributed by atoms with Crippen molar-refractivity contribution in [2.45, 2.75) is 71.1 Å². The number of benzene rings is 1. The number of rotatable bonds is 4. The topological polar surface area (TPSA) is 118 Å². The number of carboxylic acid groups (broad SMARTS) is 2. The summed E-state index contributed by atoms with van der Waals surface area (Å²) in [4.78, 5) is 20.8. The zero-order chi connectivity index (χ0) is 21.0. The Morgan fingerprint density at radius 2 is 1.59 bits per heavy atom. The van der Waals surface area contributed by atoms with Crippen molar-refractivity contribution in [1.82, 2.24) is 5.06 Å². The van der Waals surface area contributed by atoms with Crippen molar-refractivity contribution in [2.75, 3.05) is 0 Å². The number of hydrogen-bond acceptors (Lipinski definition) is 5. The molecule has 27 heavy (non-hydrogen) atoms. The smallest absolute Gasteiger partial charge is 0.335 e. The van der Waals surface area contributed by atoms with E-state index in [1.54, 1.807) is 0 Å². The standard InChI is InChI=1S/C12H25NO2.C8H6O4/c1-6-11(4)8-10(14)9(3)12(5,7-2)13(11)15;9-7(10)5-2-1-3-6(4-5)8(11)12/h9-10,14-15H,6-8H2,1-5H3;1-4H,(H,9,10)(H,11,12). The van der Waals surface area contributed by atoms with Gasteiger partial charge in [0, 0.05) is 17.0 Å². The number of carbonyl (C=O) groups is 2. The maximum Gasteiger partial charge on any atom is 0.335 e.